The lowest BCUT2D eigenvalue weighted by Crippen LogP contribution is -2.14. The molecule has 0 fully saturated rings. The maximum Gasteiger partial charge on any atom is 0.278 e. The maximum atomic E-state index is 12.5. The predicted molar refractivity (Wildman–Crippen MR) is 95.9 cm³/mol. The number of hydrogen-bond acceptors (Lipinski definition) is 4. The second-order valence-electron chi connectivity index (χ2n) is 6.03. The van der Waals surface area contributed by atoms with Gasteiger partial charge >= 0.3 is 0 Å². The van der Waals surface area contributed by atoms with E-state index in [2.05, 4.69) is 15.6 Å². The number of carbonyl (C=O) groups is 1. The molecule has 2 N–H and O–H groups in total. The van der Waals surface area contributed by atoms with Crippen molar-refractivity contribution in [2.75, 3.05) is 5.32 Å². The molecule has 3 rings (SSSR count). The van der Waals surface area contributed by atoms with E-state index >= 15 is 0 Å². The van der Waals surface area contributed by atoms with Crippen LogP contribution in [0.3, 0.4) is 0 Å². The summed E-state index contributed by atoms with van der Waals surface area (Å²) in [5.74, 6) is -0.334. The van der Waals surface area contributed by atoms with Gasteiger partial charge < -0.3 is 10.4 Å². The number of nitrogens with zero attached hydrogens (tertiary/aromatic N) is 3. The van der Waals surface area contributed by atoms with Gasteiger partial charge in [0, 0.05) is 5.69 Å². The largest absolute Gasteiger partial charge is 0.389 e. The van der Waals surface area contributed by atoms with Gasteiger partial charge in [-0.1, -0.05) is 29.5 Å². The maximum absolute atomic E-state index is 12.5. The van der Waals surface area contributed by atoms with E-state index < -0.39 is 6.10 Å². The minimum absolute atomic E-state index is 0.268. The number of hydrogen-bond donors (Lipinski definition) is 2. The highest BCUT2D eigenvalue weighted by molar-refractivity contribution is 6.03. The van der Waals surface area contributed by atoms with Crippen LogP contribution in [0.4, 0.5) is 5.69 Å². The van der Waals surface area contributed by atoms with Crippen LogP contribution in [0.5, 0.6) is 0 Å². The molecule has 128 valence electrons. The Morgan fingerprint density at radius 2 is 1.92 bits per heavy atom. The standard InChI is InChI=1S/C19H20N4O2/c1-12-6-4-9-17(10-12)23-13(2)18(21-22-23)19(25)20-16-8-5-7-15(11-16)14(3)24/h4-11,14,24H,1-3H3,(H,20,25)/t14-/m0/s1. The molecule has 0 aliphatic carbocycles. The molecule has 6 heteroatoms. The molecule has 3 aromatic rings. The van der Waals surface area contributed by atoms with Gasteiger partial charge in [0.1, 0.15) is 0 Å². The van der Waals surface area contributed by atoms with E-state index in [-0.39, 0.29) is 11.6 Å². The van der Waals surface area contributed by atoms with Crippen LogP contribution in [-0.2, 0) is 0 Å². The Morgan fingerprint density at radius 3 is 2.64 bits per heavy atom. The van der Waals surface area contributed by atoms with Gasteiger partial charge in [0.25, 0.3) is 5.91 Å². The summed E-state index contributed by atoms with van der Waals surface area (Å²) >= 11 is 0. The second kappa shape index (κ2) is 6.86. The molecule has 1 aromatic heterocycles. The van der Waals surface area contributed by atoms with Crippen LogP contribution in [0.25, 0.3) is 5.69 Å². The zero-order valence-electron chi connectivity index (χ0n) is 14.4. The molecule has 6 nitrogen and oxygen atoms in total. The molecular weight excluding hydrogens is 316 g/mol. The summed E-state index contributed by atoms with van der Waals surface area (Å²) in [4.78, 5) is 12.5. The Bertz CT molecular complexity index is 915. The van der Waals surface area contributed by atoms with Crippen molar-refractivity contribution in [3.63, 3.8) is 0 Å². The normalized spacial score (nSPS) is 12.0. The van der Waals surface area contributed by atoms with Crippen LogP contribution in [0.15, 0.2) is 48.5 Å². The Labute approximate surface area is 146 Å². The third kappa shape index (κ3) is 3.59. The van der Waals surface area contributed by atoms with E-state index in [1.807, 2.05) is 38.1 Å². The average molecular weight is 336 g/mol. The third-order valence-corrected chi connectivity index (χ3v) is 3.98. The van der Waals surface area contributed by atoms with Crippen molar-refractivity contribution in [1.29, 1.82) is 0 Å². The Balaban J connectivity index is 1.85. The number of carbonyl (C=O) groups excluding carboxylic acids is 1. The number of amides is 1. The molecule has 0 aliphatic rings. The first-order chi connectivity index (χ1) is 12.0. The molecule has 0 spiro atoms. The van der Waals surface area contributed by atoms with Crippen LogP contribution in [0, 0.1) is 13.8 Å². The number of aliphatic hydroxyl groups excluding tert-OH is 1. The van der Waals surface area contributed by atoms with E-state index in [1.165, 1.54) is 0 Å². The molecule has 2 aromatic carbocycles. The number of aryl methyl sites for hydroxylation is 1. The minimum Gasteiger partial charge on any atom is -0.389 e. The highest BCUT2D eigenvalue weighted by Gasteiger charge is 2.18. The van der Waals surface area contributed by atoms with Gasteiger partial charge in [-0.05, 0) is 56.2 Å². The first kappa shape index (κ1) is 16.9. The lowest BCUT2D eigenvalue weighted by molar-refractivity contribution is 0.102. The Hall–Kier alpha value is -2.99. The number of anilines is 1. The monoisotopic (exact) mass is 336 g/mol. The summed E-state index contributed by atoms with van der Waals surface area (Å²) in [7, 11) is 0. The van der Waals surface area contributed by atoms with Crippen molar-refractivity contribution in [3.05, 3.63) is 71.0 Å². The zero-order chi connectivity index (χ0) is 18.0. The molecule has 1 atom stereocenters. The van der Waals surface area contributed by atoms with Gasteiger partial charge in [0.2, 0.25) is 0 Å². The smallest absolute Gasteiger partial charge is 0.278 e. The topological polar surface area (TPSA) is 80.0 Å². The van der Waals surface area contributed by atoms with Crippen molar-refractivity contribution in [3.8, 4) is 5.69 Å². The molecule has 0 aliphatic heterocycles. The average Bonchev–Trinajstić information content (AvgIpc) is 2.96. The fourth-order valence-corrected chi connectivity index (χ4v) is 2.61. The Kier molecular flexibility index (Phi) is 4.63. The molecule has 0 unspecified atom stereocenters. The van der Waals surface area contributed by atoms with Crippen molar-refractivity contribution in [2.45, 2.75) is 26.9 Å². The van der Waals surface area contributed by atoms with E-state index in [0.717, 1.165) is 16.8 Å². The second-order valence-corrected chi connectivity index (χ2v) is 6.03. The number of benzene rings is 2. The lowest BCUT2D eigenvalue weighted by Gasteiger charge is -2.09. The number of aliphatic hydroxyl groups is 1. The third-order valence-electron chi connectivity index (χ3n) is 3.98. The van der Waals surface area contributed by atoms with E-state index in [0.29, 0.717) is 11.4 Å². The molecular formula is C19H20N4O2. The summed E-state index contributed by atoms with van der Waals surface area (Å²) in [6, 6.07) is 14.9. The highest BCUT2D eigenvalue weighted by atomic mass is 16.3. The predicted octanol–water partition coefficient (Wildman–Crippen LogP) is 3.19. The van der Waals surface area contributed by atoms with Crippen LogP contribution >= 0.6 is 0 Å². The van der Waals surface area contributed by atoms with E-state index in [1.54, 1.807) is 35.9 Å². The van der Waals surface area contributed by atoms with Gasteiger partial charge in [-0.25, -0.2) is 4.68 Å². The first-order valence-electron chi connectivity index (χ1n) is 8.04. The fraction of sp³-hybridized carbons (Fsp3) is 0.211. The molecule has 0 saturated carbocycles. The molecule has 1 amide bonds. The van der Waals surface area contributed by atoms with E-state index in [4.69, 9.17) is 0 Å². The summed E-state index contributed by atoms with van der Waals surface area (Å²) < 4.78 is 1.65. The number of nitrogens with one attached hydrogen (secondary N) is 1. The van der Waals surface area contributed by atoms with Crippen molar-refractivity contribution in [2.24, 2.45) is 0 Å². The van der Waals surface area contributed by atoms with Crippen molar-refractivity contribution < 1.29 is 9.90 Å². The molecule has 0 saturated heterocycles. The van der Waals surface area contributed by atoms with Gasteiger partial charge in [-0.3, -0.25) is 4.79 Å². The summed E-state index contributed by atoms with van der Waals surface area (Å²) in [6.07, 6.45) is -0.596. The number of rotatable bonds is 4. The molecule has 25 heavy (non-hydrogen) atoms. The lowest BCUT2D eigenvalue weighted by atomic mass is 10.1. The molecule has 1 heterocycles. The SMILES string of the molecule is Cc1cccc(-n2nnc(C(=O)Nc3cccc([C@H](C)O)c3)c2C)c1. The summed E-state index contributed by atoms with van der Waals surface area (Å²) in [5, 5.41) is 20.6. The molecule has 0 bridgehead atoms. The van der Waals surface area contributed by atoms with Crippen molar-refractivity contribution >= 4 is 11.6 Å². The van der Waals surface area contributed by atoms with Gasteiger partial charge in [-0.2, -0.15) is 0 Å². The van der Waals surface area contributed by atoms with E-state index in [9.17, 15) is 9.90 Å². The summed E-state index contributed by atoms with van der Waals surface area (Å²) in [5.41, 5.74) is 4.23. The van der Waals surface area contributed by atoms with Crippen LogP contribution < -0.4 is 5.32 Å². The van der Waals surface area contributed by atoms with Crippen molar-refractivity contribution in [1.82, 2.24) is 15.0 Å². The van der Waals surface area contributed by atoms with Gasteiger partial charge in [-0.15, -0.1) is 5.10 Å². The van der Waals surface area contributed by atoms with Gasteiger partial charge in [0.15, 0.2) is 5.69 Å². The zero-order valence-corrected chi connectivity index (χ0v) is 14.4. The van der Waals surface area contributed by atoms with Crippen LogP contribution in [0.1, 0.15) is 40.3 Å². The quantitative estimate of drug-likeness (QED) is 0.767. The fourth-order valence-electron chi connectivity index (χ4n) is 2.61. The Morgan fingerprint density at radius 1 is 1.16 bits per heavy atom. The highest BCUT2D eigenvalue weighted by Crippen LogP contribution is 2.19. The minimum atomic E-state index is -0.596. The summed E-state index contributed by atoms with van der Waals surface area (Å²) in [6.45, 7) is 5.49. The van der Waals surface area contributed by atoms with Gasteiger partial charge in [0.05, 0.1) is 17.5 Å². The number of aromatic nitrogens is 3. The first-order valence-corrected chi connectivity index (χ1v) is 8.04. The van der Waals surface area contributed by atoms with Crippen LogP contribution in [-0.4, -0.2) is 26.0 Å². The molecule has 0 radical (unpaired) electrons. The van der Waals surface area contributed by atoms with Crippen LogP contribution in [0.2, 0.25) is 0 Å².